The molecule has 0 aromatic heterocycles. The van der Waals surface area contributed by atoms with E-state index in [1.54, 1.807) is 6.26 Å². The van der Waals surface area contributed by atoms with Crippen molar-refractivity contribution in [3.63, 3.8) is 0 Å². The van der Waals surface area contributed by atoms with Crippen LogP contribution < -0.4 is 5.32 Å². The van der Waals surface area contributed by atoms with Gasteiger partial charge >= 0.3 is 24.0 Å². The van der Waals surface area contributed by atoms with Gasteiger partial charge in [0.1, 0.15) is 6.04 Å². The lowest BCUT2D eigenvalue weighted by Crippen LogP contribution is -2.55. The second-order valence-corrected chi connectivity index (χ2v) is 7.51. The second kappa shape index (κ2) is 14.0. The number of carbonyl (C=O) groups is 2. The van der Waals surface area contributed by atoms with Crippen molar-refractivity contribution in [3.05, 3.63) is 0 Å². The van der Waals surface area contributed by atoms with Gasteiger partial charge < -0.3 is 10.1 Å². The zero-order valence-corrected chi connectivity index (χ0v) is 17.2. The molecule has 0 saturated carbocycles. The summed E-state index contributed by atoms with van der Waals surface area (Å²) in [4.78, 5) is 23.3. The average Bonchev–Trinajstić information content (AvgIpc) is 2.62. The molecule has 4 nitrogen and oxygen atoms in total. The lowest BCUT2D eigenvalue weighted by molar-refractivity contribution is -0.270. The highest BCUT2D eigenvalue weighted by molar-refractivity contribution is 7.98. The summed E-state index contributed by atoms with van der Waals surface area (Å²) < 4.78 is 67.9. The topological polar surface area (TPSA) is 55.4 Å². The Morgan fingerprint density at radius 3 is 2.00 bits per heavy atom. The number of hydrogen-bond acceptors (Lipinski definition) is 4. The summed E-state index contributed by atoms with van der Waals surface area (Å²) in [7, 11) is 0. The van der Waals surface area contributed by atoms with Gasteiger partial charge in [0, 0.05) is 0 Å². The normalized spacial score (nSPS) is 13.2. The number of rotatable bonds is 15. The number of alkyl halides is 5. The predicted octanol–water partition coefficient (Wildman–Crippen LogP) is 5.11. The Balaban J connectivity index is 4.38. The molecule has 0 aromatic carbocycles. The van der Waals surface area contributed by atoms with Crippen LogP contribution in [0.5, 0.6) is 0 Å². The van der Waals surface area contributed by atoms with E-state index in [2.05, 4.69) is 6.92 Å². The van der Waals surface area contributed by atoms with Crippen molar-refractivity contribution in [2.45, 2.75) is 82.9 Å². The summed E-state index contributed by atoms with van der Waals surface area (Å²) in [5, 5.41) is 1.48. The third-order valence-corrected chi connectivity index (χ3v) is 4.73. The number of amides is 1. The van der Waals surface area contributed by atoms with E-state index in [1.807, 2.05) is 0 Å². The van der Waals surface area contributed by atoms with Crippen molar-refractivity contribution in [1.82, 2.24) is 5.32 Å². The van der Waals surface area contributed by atoms with Crippen molar-refractivity contribution in [2.24, 2.45) is 0 Å². The molecule has 10 heteroatoms. The Morgan fingerprint density at radius 1 is 0.964 bits per heavy atom. The van der Waals surface area contributed by atoms with Gasteiger partial charge in [-0.15, -0.1) is 0 Å². The first kappa shape index (κ1) is 26.9. The maximum Gasteiger partial charge on any atom is 0.463 e. The molecule has 1 amide bonds. The monoisotopic (exact) mass is 435 g/mol. The number of thioether (sulfide) groups is 1. The van der Waals surface area contributed by atoms with Gasteiger partial charge in [0.25, 0.3) is 0 Å². The molecular formula is C18H30F5NO3S. The number of ether oxygens (including phenoxy) is 1. The van der Waals surface area contributed by atoms with Crippen LogP contribution >= 0.6 is 11.8 Å². The van der Waals surface area contributed by atoms with Crippen molar-refractivity contribution in [2.75, 3.05) is 18.6 Å². The van der Waals surface area contributed by atoms with E-state index in [0.717, 1.165) is 25.7 Å². The minimum Gasteiger partial charge on any atom is -0.464 e. The molecule has 1 unspecified atom stereocenters. The number of esters is 1. The summed E-state index contributed by atoms with van der Waals surface area (Å²) in [5.74, 6) is -8.82. The lowest BCUT2D eigenvalue weighted by Gasteiger charge is -2.22. The molecule has 0 bridgehead atoms. The number of halogens is 5. The third kappa shape index (κ3) is 10.5. The fraction of sp³-hybridized carbons (Fsp3) is 0.889. The molecule has 0 aliphatic heterocycles. The highest BCUT2D eigenvalue weighted by atomic mass is 32.2. The molecule has 1 atom stereocenters. The van der Waals surface area contributed by atoms with E-state index in [-0.39, 0.29) is 18.8 Å². The molecule has 0 aromatic rings. The van der Waals surface area contributed by atoms with Gasteiger partial charge in [0.15, 0.2) is 0 Å². The summed E-state index contributed by atoms with van der Waals surface area (Å²) in [6.07, 6.45) is 3.70. The third-order valence-electron chi connectivity index (χ3n) is 4.08. The first-order valence-corrected chi connectivity index (χ1v) is 10.9. The Morgan fingerprint density at radius 2 is 1.50 bits per heavy atom. The van der Waals surface area contributed by atoms with Gasteiger partial charge in [-0.1, -0.05) is 51.9 Å². The van der Waals surface area contributed by atoms with Crippen LogP contribution in [-0.4, -0.2) is 48.6 Å². The van der Waals surface area contributed by atoms with Gasteiger partial charge in [-0.05, 0) is 24.9 Å². The van der Waals surface area contributed by atoms with Gasteiger partial charge in [-0.3, -0.25) is 4.79 Å². The van der Waals surface area contributed by atoms with E-state index in [0.29, 0.717) is 6.42 Å². The van der Waals surface area contributed by atoms with Crippen LogP contribution in [0.25, 0.3) is 0 Å². The second-order valence-electron chi connectivity index (χ2n) is 6.52. The predicted molar refractivity (Wildman–Crippen MR) is 99.5 cm³/mol. The van der Waals surface area contributed by atoms with Crippen LogP contribution in [0.3, 0.4) is 0 Å². The Hall–Kier alpha value is -1.06. The highest BCUT2D eigenvalue weighted by Gasteiger charge is 2.63. The van der Waals surface area contributed by atoms with Crippen molar-refractivity contribution < 1.29 is 36.3 Å². The van der Waals surface area contributed by atoms with E-state index in [4.69, 9.17) is 4.74 Å². The standard InChI is InChI=1S/C18H30F5NO3S/c1-3-4-5-6-7-8-9-10-12-27-15(25)14(11-13-28-2)24-16(26)17(19,20)18(21,22)23/h14H,3-13H2,1-2H3,(H,24,26). The maximum absolute atomic E-state index is 13.1. The summed E-state index contributed by atoms with van der Waals surface area (Å²) in [6, 6.07) is -1.54. The van der Waals surface area contributed by atoms with Crippen molar-refractivity contribution in [1.29, 1.82) is 0 Å². The van der Waals surface area contributed by atoms with Crippen LogP contribution in [0.2, 0.25) is 0 Å². The van der Waals surface area contributed by atoms with E-state index >= 15 is 0 Å². The molecular weight excluding hydrogens is 405 g/mol. The first-order chi connectivity index (χ1) is 13.1. The van der Waals surface area contributed by atoms with Crippen LogP contribution in [0.1, 0.15) is 64.7 Å². The van der Waals surface area contributed by atoms with Crippen LogP contribution in [0.4, 0.5) is 22.0 Å². The smallest absolute Gasteiger partial charge is 0.463 e. The molecule has 0 spiro atoms. The highest BCUT2D eigenvalue weighted by Crippen LogP contribution is 2.35. The largest absolute Gasteiger partial charge is 0.464 e. The molecule has 0 radical (unpaired) electrons. The Bertz CT molecular complexity index is 461. The van der Waals surface area contributed by atoms with E-state index < -0.39 is 30.0 Å². The minimum absolute atomic E-state index is 0.0368. The molecule has 28 heavy (non-hydrogen) atoms. The number of unbranched alkanes of at least 4 members (excludes halogenated alkanes) is 7. The van der Waals surface area contributed by atoms with Gasteiger partial charge in [-0.25, -0.2) is 4.79 Å². The fourth-order valence-electron chi connectivity index (χ4n) is 2.37. The summed E-state index contributed by atoms with van der Waals surface area (Å²) in [5.41, 5.74) is 0. The van der Waals surface area contributed by atoms with Crippen LogP contribution in [0, 0.1) is 0 Å². The minimum atomic E-state index is -6.03. The van der Waals surface area contributed by atoms with Crippen molar-refractivity contribution in [3.8, 4) is 0 Å². The molecule has 166 valence electrons. The van der Waals surface area contributed by atoms with E-state index in [1.165, 1.54) is 36.3 Å². The average molecular weight is 435 g/mol. The molecule has 0 aliphatic rings. The van der Waals surface area contributed by atoms with Gasteiger partial charge in [0.2, 0.25) is 0 Å². The van der Waals surface area contributed by atoms with Gasteiger partial charge in [-0.2, -0.15) is 33.7 Å². The Labute approximate surface area is 167 Å². The molecule has 0 aliphatic carbocycles. The summed E-state index contributed by atoms with van der Waals surface area (Å²) >= 11 is 1.26. The number of carbonyl (C=O) groups excluding carboxylic acids is 2. The van der Waals surface area contributed by atoms with Crippen LogP contribution in [0.15, 0.2) is 0 Å². The van der Waals surface area contributed by atoms with Gasteiger partial charge in [0.05, 0.1) is 6.61 Å². The number of hydrogen-bond donors (Lipinski definition) is 1. The summed E-state index contributed by atoms with van der Waals surface area (Å²) in [6.45, 7) is 2.17. The lowest BCUT2D eigenvalue weighted by atomic mass is 10.1. The van der Waals surface area contributed by atoms with E-state index in [9.17, 15) is 31.5 Å². The molecule has 1 N–H and O–H groups in total. The molecule has 0 fully saturated rings. The quantitative estimate of drug-likeness (QED) is 0.221. The SMILES string of the molecule is CCCCCCCCCCOC(=O)C(CCSC)NC(=O)C(F)(F)C(F)(F)F. The zero-order valence-electron chi connectivity index (χ0n) is 16.4. The molecule has 0 heterocycles. The zero-order chi connectivity index (χ0) is 21.6. The maximum atomic E-state index is 13.1. The molecule has 0 rings (SSSR count). The first-order valence-electron chi connectivity index (χ1n) is 9.49. The Kier molecular flexibility index (Phi) is 13.5. The molecule has 0 saturated heterocycles. The van der Waals surface area contributed by atoms with Crippen molar-refractivity contribution >= 4 is 23.6 Å². The number of nitrogens with one attached hydrogen (secondary N) is 1. The fourth-order valence-corrected chi connectivity index (χ4v) is 2.84. The van der Waals surface area contributed by atoms with Crippen LogP contribution in [-0.2, 0) is 14.3 Å².